The molecular formula is C19H18ClNO4. The molecule has 0 fully saturated rings. The van der Waals surface area contributed by atoms with Gasteiger partial charge in [-0.1, -0.05) is 11.6 Å². The van der Waals surface area contributed by atoms with Crippen LogP contribution in [-0.2, 0) is 22.6 Å². The van der Waals surface area contributed by atoms with E-state index in [1.54, 1.807) is 31.4 Å². The molecule has 0 bridgehead atoms. The molecule has 2 aromatic carbocycles. The predicted octanol–water partition coefficient (Wildman–Crippen LogP) is 4.12. The van der Waals surface area contributed by atoms with E-state index in [4.69, 9.17) is 25.8 Å². The standard InChI is InChI=1S/C19H18ClNO4/c1-23-14-7-8-17-15(9-14)16(10-19(22)24-2)18(21-17)11-25-13-5-3-12(20)4-6-13/h3-9,21H,10-11H2,1-2H3. The average molecular weight is 360 g/mol. The Morgan fingerprint density at radius 1 is 1.08 bits per heavy atom. The zero-order valence-electron chi connectivity index (χ0n) is 14.0. The normalized spacial score (nSPS) is 10.7. The molecule has 6 heteroatoms. The maximum Gasteiger partial charge on any atom is 0.310 e. The predicted molar refractivity (Wildman–Crippen MR) is 96.4 cm³/mol. The molecule has 3 rings (SSSR count). The number of H-pyrrole nitrogens is 1. The van der Waals surface area contributed by atoms with Gasteiger partial charge in [0.2, 0.25) is 0 Å². The molecule has 0 unspecified atom stereocenters. The molecule has 0 aliphatic rings. The Bertz CT molecular complexity index is 886. The number of carbonyl (C=O) groups excluding carboxylic acids is 1. The number of esters is 1. The molecule has 0 radical (unpaired) electrons. The van der Waals surface area contributed by atoms with Crippen LogP contribution in [0.2, 0.25) is 5.02 Å². The molecule has 1 N–H and O–H groups in total. The van der Waals surface area contributed by atoms with Crippen molar-refractivity contribution in [2.24, 2.45) is 0 Å². The third-order valence-corrected chi connectivity index (χ3v) is 4.20. The van der Waals surface area contributed by atoms with Gasteiger partial charge < -0.3 is 19.2 Å². The lowest BCUT2D eigenvalue weighted by Crippen LogP contribution is -2.07. The van der Waals surface area contributed by atoms with E-state index in [9.17, 15) is 4.79 Å². The Kier molecular flexibility index (Phi) is 5.14. The summed E-state index contributed by atoms with van der Waals surface area (Å²) in [5, 5.41) is 1.57. The van der Waals surface area contributed by atoms with E-state index in [1.807, 2.05) is 18.2 Å². The lowest BCUT2D eigenvalue weighted by molar-refractivity contribution is -0.139. The summed E-state index contributed by atoms with van der Waals surface area (Å²) < 4.78 is 15.9. The van der Waals surface area contributed by atoms with Gasteiger partial charge in [-0.05, 0) is 48.0 Å². The lowest BCUT2D eigenvalue weighted by atomic mass is 10.1. The van der Waals surface area contributed by atoms with Gasteiger partial charge in [-0.2, -0.15) is 0 Å². The number of aromatic nitrogens is 1. The van der Waals surface area contributed by atoms with E-state index in [0.29, 0.717) is 17.4 Å². The molecule has 5 nitrogen and oxygen atoms in total. The Balaban J connectivity index is 1.93. The second-order valence-electron chi connectivity index (χ2n) is 5.49. The highest BCUT2D eigenvalue weighted by Crippen LogP contribution is 2.28. The fourth-order valence-electron chi connectivity index (χ4n) is 2.64. The summed E-state index contributed by atoms with van der Waals surface area (Å²) >= 11 is 5.88. The first kappa shape index (κ1) is 17.2. The van der Waals surface area contributed by atoms with Crippen LogP contribution in [0.3, 0.4) is 0 Å². The van der Waals surface area contributed by atoms with Gasteiger partial charge in [-0.3, -0.25) is 4.79 Å². The van der Waals surface area contributed by atoms with Crippen molar-refractivity contribution in [1.82, 2.24) is 4.98 Å². The number of rotatable bonds is 6. The van der Waals surface area contributed by atoms with Gasteiger partial charge in [0.15, 0.2) is 0 Å². The van der Waals surface area contributed by atoms with E-state index < -0.39 is 0 Å². The Hall–Kier alpha value is -2.66. The summed E-state index contributed by atoms with van der Waals surface area (Å²) in [6.45, 7) is 0.297. The van der Waals surface area contributed by atoms with Crippen molar-refractivity contribution in [1.29, 1.82) is 0 Å². The topological polar surface area (TPSA) is 60.5 Å². The fraction of sp³-hybridized carbons (Fsp3) is 0.211. The summed E-state index contributed by atoms with van der Waals surface area (Å²) in [6, 6.07) is 12.8. The summed E-state index contributed by atoms with van der Waals surface area (Å²) in [5.74, 6) is 1.11. The highest BCUT2D eigenvalue weighted by atomic mass is 35.5. The number of hydrogen-bond acceptors (Lipinski definition) is 4. The number of fused-ring (bicyclic) bond motifs is 1. The average Bonchev–Trinajstić information content (AvgIpc) is 2.97. The molecule has 130 valence electrons. The zero-order valence-corrected chi connectivity index (χ0v) is 14.7. The van der Waals surface area contributed by atoms with Crippen molar-refractivity contribution in [2.75, 3.05) is 14.2 Å². The van der Waals surface area contributed by atoms with Crippen LogP contribution in [0.15, 0.2) is 42.5 Å². The molecule has 3 aromatic rings. The minimum absolute atomic E-state index is 0.156. The smallest absolute Gasteiger partial charge is 0.310 e. The molecule has 25 heavy (non-hydrogen) atoms. The van der Waals surface area contributed by atoms with Gasteiger partial charge >= 0.3 is 5.97 Å². The van der Waals surface area contributed by atoms with E-state index in [0.717, 1.165) is 27.9 Å². The molecule has 0 atom stereocenters. The van der Waals surface area contributed by atoms with E-state index in [-0.39, 0.29) is 12.4 Å². The second-order valence-corrected chi connectivity index (χ2v) is 5.93. The summed E-state index contributed by atoms with van der Waals surface area (Å²) in [5.41, 5.74) is 2.58. The third kappa shape index (κ3) is 3.88. The first-order valence-electron chi connectivity index (χ1n) is 7.73. The minimum Gasteiger partial charge on any atom is -0.497 e. The molecule has 0 saturated carbocycles. The van der Waals surface area contributed by atoms with Crippen molar-refractivity contribution >= 4 is 28.5 Å². The SMILES string of the molecule is COC(=O)Cc1c(COc2ccc(Cl)cc2)[nH]c2ccc(OC)cc12. The minimum atomic E-state index is -0.309. The number of aromatic amines is 1. The van der Waals surface area contributed by atoms with Gasteiger partial charge in [-0.15, -0.1) is 0 Å². The molecular weight excluding hydrogens is 342 g/mol. The molecule has 0 amide bonds. The molecule has 1 aromatic heterocycles. The first-order chi connectivity index (χ1) is 12.1. The van der Waals surface area contributed by atoms with Crippen LogP contribution in [-0.4, -0.2) is 25.2 Å². The van der Waals surface area contributed by atoms with Gasteiger partial charge in [0, 0.05) is 15.9 Å². The summed E-state index contributed by atoms with van der Waals surface area (Å²) in [7, 11) is 2.99. The molecule has 0 aliphatic heterocycles. The van der Waals surface area contributed by atoms with Crippen molar-refractivity contribution < 1.29 is 19.0 Å². The van der Waals surface area contributed by atoms with Gasteiger partial charge in [0.05, 0.1) is 26.3 Å². The van der Waals surface area contributed by atoms with Crippen LogP contribution in [0.4, 0.5) is 0 Å². The van der Waals surface area contributed by atoms with Gasteiger partial charge in [0.1, 0.15) is 18.1 Å². The van der Waals surface area contributed by atoms with Gasteiger partial charge in [0.25, 0.3) is 0 Å². The van der Waals surface area contributed by atoms with E-state index >= 15 is 0 Å². The quantitative estimate of drug-likeness (QED) is 0.672. The Morgan fingerprint density at radius 3 is 2.48 bits per heavy atom. The first-order valence-corrected chi connectivity index (χ1v) is 8.11. The van der Waals surface area contributed by atoms with Crippen LogP contribution in [0.25, 0.3) is 10.9 Å². The molecule has 1 heterocycles. The Morgan fingerprint density at radius 2 is 1.80 bits per heavy atom. The van der Waals surface area contributed by atoms with Crippen molar-refractivity contribution in [3.05, 3.63) is 58.7 Å². The largest absolute Gasteiger partial charge is 0.497 e. The van der Waals surface area contributed by atoms with E-state index in [2.05, 4.69) is 4.98 Å². The maximum atomic E-state index is 11.8. The maximum absolute atomic E-state index is 11.8. The van der Waals surface area contributed by atoms with Crippen LogP contribution < -0.4 is 9.47 Å². The van der Waals surface area contributed by atoms with Crippen LogP contribution in [0.5, 0.6) is 11.5 Å². The molecule has 0 spiro atoms. The fourth-order valence-corrected chi connectivity index (χ4v) is 2.76. The van der Waals surface area contributed by atoms with Crippen LogP contribution in [0, 0.1) is 0 Å². The molecule has 0 aliphatic carbocycles. The lowest BCUT2D eigenvalue weighted by Gasteiger charge is -2.07. The number of benzene rings is 2. The highest BCUT2D eigenvalue weighted by molar-refractivity contribution is 6.30. The number of methoxy groups -OCH3 is 2. The second kappa shape index (κ2) is 7.49. The number of hydrogen-bond donors (Lipinski definition) is 1. The van der Waals surface area contributed by atoms with Gasteiger partial charge in [-0.25, -0.2) is 0 Å². The number of ether oxygens (including phenoxy) is 3. The van der Waals surface area contributed by atoms with Crippen molar-refractivity contribution in [2.45, 2.75) is 13.0 Å². The molecule has 0 saturated heterocycles. The monoisotopic (exact) mass is 359 g/mol. The Labute approximate surface area is 150 Å². The highest BCUT2D eigenvalue weighted by Gasteiger charge is 2.16. The van der Waals surface area contributed by atoms with Crippen molar-refractivity contribution in [3.8, 4) is 11.5 Å². The zero-order chi connectivity index (χ0) is 17.8. The summed E-state index contributed by atoms with van der Waals surface area (Å²) in [6.07, 6.45) is 0.156. The number of halogens is 1. The van der Waals surface area contributed by atoms with Crippen LogP contribution in [0.1, 0.15) is 11.3 Å². The van der Waals surface area contributed by atoms with Crippen LogP contribution >= 0.6 is 11.6 Å². The third-order valence-electron chi connectivity index (χ3n) is 3.95. The van der Waals surface area contributed by atoms with E-state index in [1.165, 1.54) is 7.11 Å². The summed E-state index contributed by atoms with van der Waals surface area (Å²) in [4.78, 5) is 15.1. The number of nitrogens with one attached hydrogen (secondary N) is 1. The van der Waals surface area contributed by atoms with Crippen molar-refractivity contribution in [3.63, 3.8) is 0 Å². The number of carbonyl (C=O) groups is 1.